The zero-order valence-electron chi connectivity index (χ0n) is 20.5. The second-order valence-corrected chi connectivity index (χ2v) is 10.2. The van der Waals surface area contributed by atoms with Gasteiger partial charge < -0.3 is 20.5 Å². The number of H-pyrrole nitrogens is 1. The van der Waals surface area contributed by atoms with Gasteiger partial charge in [-0.25, -0.2) is 4.79 Å². The molecule has 0 bridgehead atoms. The number of amides is 3. The molecule has 0 spiro atoms. The van der Waals surface area contributed by atoms with Crippen LogP contribution in [0.25, 0.3) is 10.9 Å². The molecule has 1 atom stereocenters. The number of aromatic amines is 1. The van der Waals surface area contributed by atoms with E-state index in [1.54, 1.807) is 0 Å². The summed E-state index contributed by atoms with van der Waals surface area (Å²) in [6, 6.07) is 24.6. The Morgan fingerprint density at radius 1 is 0.892 bits per heavy atom. The average Bonchev–Trinajstić information content (AvgIpc) is 3.33. The van der Waals surface area contributed by atoms with Gasteiger partial charge in [0.15, 0.2) is 0 Å². The Morgan fingerprint density at radius 2 is 1.59 bits per heavy atom. The van der Waals surface area contributed by atoms with E-state index in [2.05, 4.69) is 60.7 Å². The van der Waals surface area contributed by atoms with Gasteiger partial charge in [-0.05, 0) is 41.5 Å². The van der Waals surface area contributed by atoms with Crippen molar-refractivity contribution in [1.29, 1.82) is 0 Å². The Labute approximate surface area is 225 Å². The lowest BCUT2D eigenvalue weighted by Crippen LogP contribution is -2.55. The Morgan fingerprint density at radius 3 is 2.35 bits per heavy atom. The van der Waals surface area contributed by atoms with Crippen LogP contribution < -0.4 is 10.6 Å². The van der Waals surface area contributed by atoms with E-state index in [0.717, 1.165) is 40.6 Å². The molecule has 1 unspecified atom stereocenters. The van der Waals surface area contributed by atoms with Gasteiger partial charge in [0, 0.05) is 66.4 Å². The molecule has 0 aliphatic carbocycles. The molecule has 7 nitrogen and oxygen atoms in total. The first-order chi connectivity index (χ1) is 18.0. The number of hydrogen-bond donors (Lipinski definition) is 3. The lowest BCUT2D eigenvalue weighted by molar-refractivity contribution is -0.135. The number of nitrogens with zero attached hydrogens (tertiary/aromatic N) is 2. The summed E-state index contributed by atoms with van der Waals surface area (Å²) in [6.45, 7) is 3.73. The fourth-order valence-corrected chi connectivity index (χ4v) is 5.03. The maximum absolute atomic E-state index is 13.7. The quantitative estimate of drug-likeness (QED) is 0.298. The molecule has 1 fully saturated rings. The number of para-hydroxylation sites is 1. The SMILES string of the molecule is O=C(Nc1ccc(Br)cc1)NC(Cc1c[nH]c2ccccc12)C(=O)N1CCN(Cc2ccccc2)CC1. The minimum atomic E-state index is -0.685. The lowest BCUT2D eigenvalue weighted by Gasteiger charge is -2.36. The van der Waals surface area contributed by atoms with Crippen LogP contribution in [0.4, 0.5) is 10.5 Å². The third-order valence-corrected chi connectivity index (χ3v) is 7.27. The monoisotopic (exact) mass is 559 g/mol. The Balaban J connectivity index is 1.27. The maximum Gasteiger partial charge on any atom is 0.319 e. The highest BCUT2D eigenvalue weighted by Gasteiger charge is 2.29. The second-order valence-electron chi connectivity index (χ2n) is 9.31. The number of rotatable bonds is 7. The van der Waals surface area contributed by atoms with Crippen molar-refractivity contribution in [2.24, 2.45) is 0 Å². The second kappa shape index (κ2) is 11.6. The number of urea groups is 1. The van der Waals surface area contributed by atoms with Crippen molar-refractivity contribution in [1.82, 2.24) is 20.1 Å². The highest BCUT2D eigenvalue weighted by molar-refractivity contribution is 9.10. The van der Waals surface area contributed by atoms with Gasteiger partial charge in [-0.1, -0.05) is 64.5 Å². The summed E-state index contributed by atoms with van der Waals surface area (Å²) in [4.78, 5) is 34.1. The summed E-state index contributed by atoms with van der Waals surface area (Å²) < 4.78 is 0.928. The van der Waals surface area contributed by atoms with E-state index in [-0.39, 0.29) is 5.91 Å². The Bertz CT molecular complexity index is 1350. The zero-order valence-corrected chi connectivity index (χ0v) is 22.1. The van der Waals surface area contributed by atoms with Gasteiger partial charge in [0.25, 0.3) is 0 Å². The number of benzene rings is 3. The van der Waals surface area contributed by atoms with Gasteiger partial charge in [0.05, 0.1) is 0 Å². The molecule has 190 valence electrons. The molecule has 5 rings (SSSR count). The van der Waals surface area contributed by atoms with Crippen molar-refractivity contribution >= 4 is 44.5 Å². The lowest BCUT2D eigenvalue weighted by atomic mass is 10.0. The molecule has 1 aromatic heterocycles. The number of anilines is 1. The summed E-state index contributed by atoms with van der Waals surface area (Å²) in [7, 11) is 0. The number of nitrogens with one attached hydrogen (secondary N) is 3. The van der Waals surface area contributed by atoms with Crippen LogP contribution in [-0.4, -0.2) is 58.9 Å². The van der Waals surface area contributed by atoms with Gasteiger partial charge in [0.1, 0.15) is 6.04 Å². The number of hydrogen-bond acceptors (Lipinski definition) is 3. The molecule has 1 aliphatic rings. The fourth-order valence-electron chi connectivity index (χ4n) is 4.77. The van der Waals surface area contributed by atoms with E-state index in [0.29, 0.717) is 25.2 Å². The van der Waals surface area contributed by atoms with Crippen LogP contribution >= 0.6 is 15.9 Å². The van der Waals surface area contributed by atoms with Gasteiger partial charge in [-0.15, -0.1) is 0 Å². The van der Waals surface area contributed by atoms with Crippen LogP contribution in [0.5, 0.6) is 0 Å². The van der Waals surface area contributed by atoms with Crippen molar-refractivity contribution in [2.75, 3.05) is 31.5 Å². The standard InChI is InChI=1S/C29H30BrN5O2/c30-23-10-12-24(13-11-23)32-29(37)33-27(18-22-19-31-26-9-5-4-8-25(22)26)28(36)35-16-14-34(15-17-35)20-21-6-2-1-3-7-21/h1-13,19,27,31H,14-18,20H2,(H2,32,33,37). The van der Waals surface area contributed by atoms with Gasteiger partial charge in [-0.3, -0.25) is 9.69 Å². The first-order valence-corrected chi connectivity index (χ1v) is 13.3. The molecule has 0 radical (unpaired) electrons. The number of carbonyl (C=O) groups is 2. The first-order valence-electron chi connectivity index (χ1n) is 12.5. The minimum Gasteiger partial charge on any atom is -0.361 e. The molecule has 3 N–H and O–H groups in total. The van der Waals surface area contributed by atoms with Crippen molar-refractivity contribution in [2.45, 2.75) is 19.0 Å². The Kier molecular flexibility index (Phi) is 7.87. The fraction of sp³-hybridized carbons (Fsp3) is 0.241. The number of aromatic nitrogens is 1. The van der Waals surface area contributed by atoms with E-state index in [4.69, 9.17) is 0 Å². The molecule has 37 heavy (non-hydrogen) atoms. The summed E-state index contributed by atoms with van der Waals surface area (Å²) in [5.41, 5.74) is 3.94. The van der Waals surface area contributed by atoms with Crippen molar-refractivity contribution in [3.8, 4) is 0 Å². The molecule has 4 aromatic rings. The molecule has 3 amide bonds. The molecule has 1 aliphatic heterocycles. The van der Waals surface area contributed by atoms with E-state index in [1.807, 2.05) is 65.7 Å². The normalized spacial score (nSPS) is 14.9. The van der Waals surface area contributed by atoms with Crippen molar-refractivity contribution in [3.63, 3.8) is 0 Å². The number of carbonyl (C=O) groups excluding carboxylic acids is 2. The molecule has 1 saturated heterocycles. The number of fused-ring (bicyclic) bond motifs is 1. The van der Waals surface area contributed by atoms with Crippen LogP contribution in [0.1, 0.15) is 11.1 Å². The van der Waals surface area contributed by atoms with Crippen LogP contribution in [0, 0.1) is 0 Å². The molecular weight excluding hydrogens is 530 g/mol. The maximum atomic E-state index is 13.7. The highest BCUT2D eigenvalue weighted by atomic mass is 79.9. The molecule has 2 heterocycles. The molecule has 0 saturated carbocycles. The smallest absolute Gasteiger partial charge is 0.319 e. The van der Waals surface area contributed by atoms with Crippen LogP contribution in [0.15, 0.2) is 89.5 Å². The van der Waals surface area contributed by atoms with Gasteiger partial charge in [0.2, 0.25) is 5.91 Å². The van der Waals surface area contributed by atoms with E-state index in [9.17, 15) is 9.59 Å². The van der Waals surface area contributed by atoms with Crippen LogP contribution in [0.2, 0.25) is 0 Å². The van der Waals surface area contributed by atoms with Crippen molar-refractivity contribution in [3.05, 3.63) is 101 Å². The van der Waals surface area contributed by atoms with Crippen molar-refractivity contribution < 1.29 is 9.59 Å². The third-order valence-electron chi connectivity index (χ3n) is 6.74. The predicted molar refractivity (Wildman–Crippen MR) is 150 cm³/mol. The number of piperazine rings is 1. The largest absolute Gasteiger partial charge is 0.361 e. The topological polar surface area (TPSA) is 80.5 Å². The van der Waals surface area contributed by atoms with Crippen LogP contribution in [-0.2, 0) is 17.8 Å². The molecular formula is C29H30BrN5O2. The minimum absolute atomic E-state index is 0.0596. The average molecular weight is 560 g/mol. The summed E-state index contributed by atoms with van der Waals surface area (Å²) in [5, 5.41) is 6.86. The summed E-state index contributed by atoms with van der Waals surface area (Å²) >= 11 is 3.41. The van der Waals surface area contributed by atoms with E-state index < -0.39 is 12.1 Å². The zero-order chi connectivity index (χ0) is 25.6. The first kappa shape index (κ1) is 25.0. The predicted octanol–water partition coefficient (Wildman–Crippen LogP) is 5.01. The summed E-state index contributed by atoms with van der Waals surface area (Å²) in [5.74, 6) is -0.0596. The van der Waals surface area contributed by atoms with Gasteiger partial charge >= 0.3 is 6.03 Å². The Hall–Kier alpha value is -3.62. The third kappa shape index (κ3) is 6.39. The molecule has 8 heteroatoms. The number of halogens is 1. The summed E-state index contributed by atoms with van der Waals surface area (Å²) in [6.07, 6.45) is 2.33. The van der Waals surface area contributed by atoms with Gasteiger partial charge in [-0.2, -0.15) is 0 Å². The molecule has 3 aromatic carbocycles. The van der Waals surface area contributed by atoms with Crippen LogP contribution in [0.3, 0.4) is 0 Å². The van der Waals surface area contributed by atoms with E-state index in [1.165, 1.54) is 5.56 Å². The highest BCUT2D eigenvalue weighted by Crippen LogP contribution is 2.20. The van der Waals surface area contributed by atoms with E-state index >= 15 is 0 Å².